The first-order chi connectivity index (χ1) is 18.5. The van der Waals surface area contributed by atoms with E-state index in [2.05, 4.69) is 21.2 Å². The summed E-state index contributed by atoms with van der Waals surface area (Å²) < 4.78 is 29.5. The lowest BCUT2D eigenvalue weighted by atomic mass is 10.1. The Balaban J connectivity index is 1.95. The maximum Gasteiger partial charge on any atom is 0.264 e. The predicted molar refractivity (Wildman–Crippen MR) is 159 cm³/mol. The van der Waals surface area contributed by atoms with E-state index in [9.17, 15) is 18.0 Å². The molecule has 0 heterocycles. The molecular weight excluding hydrogens is 578 g/mol. The highest BCUT2D eigenvalue weighted by Crippen LogP contribution is 2.26. The summed E-state index contributed by atoms with van der Waals surface area (Å²) in [6.07, 6.45) is 0.525. The first-order valence-corrected chi connectivity index (χ1v) is 15.2. The van der Waals surface area contributed by atoms with Crippen LogP contribution in [0.15, 0.2) is 88.2 Å². The summed E-state index contributed by atoms with van der Waals surface area (Å²) in [6.45, 7) is 7.84. The molecule has 0 aromatic heterocycles. The van der Waals surface area contributed by atoms with E-state index in [-0.39, 0.29) is 23.3 Å². The lowest BCUT2D eigenvalue weighted by Crippen LogP contribution is -2.52. The number of hydrogen-bond donors (Lipinski definition) is 1. The first kappa shape index (κ1) is 30.4. The lowest BCUT2D eigenvalue weighted by molar-refractivity contribution is -0.138. The molecule has 0 aliphatic rings. The third-order valence-electron chi connectivity index (χ3n) is 6.34. The Morgan fingerprint density at radius 2 is 1.51 bits per heavy atom. The van der Waals surface area contributed by atoms with Gasteiger partial charge < -0.3 is 10.2 Å². The van der Waals surface area contributed by atoms with Crippen LogP contribution in [0.2, 0.25) is 0 Å². The molecule has 0 bridgehead atoms. The number of benzene rings is 3. The summed E-state index contributed by atoms with van der Waals surface area (Å²) in [5, 5.41) is 2.90. The third kappa shape index (κ3) is 8.41. The molecule has 9 heteroatoms. The van der Waals surface area contributed by atoms with Crippen LogP contribution in [0.25, 0.3) is 0 Å². The summed E-state index contributed by atoms with van der Waals surface area (Å²) in [6, 6.07) is 22.2. The molecule has 0 spiro atoms. The second-order valence-electron chi connectivity index (χ2n) is 9.94. The van der Waals surface area contributed by atoms with Gasteiger partial charge in [0, 0.05) is 17.6 Å². The number of sulfonamides is 1. The minimum atomic E-state index is -4.08. The number of aryl methyl sites for hydroxylation is 1. The van der Waals surface area contributed by atoms with Crippen molar-refractivity contribution in [1.82, 2.24) is 10.2 Å². The Morgan fingerprint density at radius 1 is 0.897 bits per heavy atom. The van der Waals surface area contributed by atoms with Gasteiger partial charge in [0.05, 0.1) is 10.6 Å². The Bertz CT molecular complexity index is 1350. The molecule has 208 valence electrons. The molecule has 3 aromatic carbocycles. The number of rotatable bonds is 12. The van der Waals surface area contributed by atoms with Crippen LogP contribution in [0.1, 0.15) is 31.9 Å². The molecule has 2 amide bonds. The van der Waals surface area contributed by atoms with Crippen LogP contribution in [-0.2, 0) is 26.0 Å². The van der Waals surface area contributed by atoms with E-state index in [1.54, 1.807) is 43.3 Å². The Hall–Kier alpha value is -3.17. The van der Waals surface area contributed by atoms with E-state index in [1.165, 1.54) is 17.0 Å². The van der Waals surface area contributed by atoms with Crippen LogP contribution < -0.4 is 9.62 Å². The monoisotopic (exact) mass is 613 g/mol. The Kier molecular flexibility index (Phi) is 10.7. The second kappa shape index (κ2) is 13.8. The van der Waals surface area contributed by atoms with Crippen molar-refractivity contribution in [3.05, 3.63) is 94.5 Å². The molecule has 1 atom stereocenters. The van der Waals surface area contributed by atoms with E-state index in [0.29, 0.717) is 18.7 Å². The normalized spacial score (nSPS) is 12.2. The number of nitrogens with zero attached hydrogens (tertiary/aromatic N) is 2. The van der Waals surface area contributed by atoms with Crippen LogP contribution >= 0.6 is 15.9 Å². The quantitative estimate of drug-likeness (QED) is 0.305. The van der Waals surface area contributed by atoms with Gasteiger partial charge in [-0.15, -0.1) is 0 Å². The van der Waals surface area contributed by atoms with Crippen LogP contribution in [0.4, 0.5) is 5.69 Å². The smallest absolute Gasteiger partial charge is 0.264 e. The summed E-state index contributed by atoms with van der Waals surface area (Å²) in [5.41, 5.74) is 2.29. The van der Waals surface area contributed by atoms with Gasteiger partial charge in [0.2, 0.25) is 11.8 Å². The summed E-state index contributed by atoms with van der Waals surface area (Å²) in [4.78, 5) is 28.4. The number of hydrogen-bond acceptors (Lipinski definition) is 4. The fourth-order valence-corrected chi connectivity index (χ4v) is 5.67. The average Bonchev–Trinajstić information content (AvgIpc) is 2.91. The van der Waals surface area contributed by atoms with Crippen molar-refractivity contribution in [2.45, 2.75) is 45.1 Å². The van der Waals surface area contributed by atoms with Gasteiger partial charge in [-0.3, -0.25) is 13.9 Å². The molecule has 39 heavy (non-hydrogen) atoms. The molecule has 0 radical (unpaired) electrons. The summed E-state index contributed by atoms with van der Waals surface area (Å²) in [5.74, 6) is -0.486. The van der Waals surface area contributed by atoms with Crippen molar-refractivity contribution in [2.75, 3.05) is 23.9 Å². The number of carbonyl (C=O) groups is 2. The molecule has 0 saturated heterocycles. The molecule has 0 aliphatic heterocycles. The number of nitrogens with one attached hydrogen (secondary N) is 1. The zero-order valence-corrected chi connectivity index (χ0v) is 25.2. The van der Waals surface area contributed by atoms with Crippen LogP contribution in [0.5, 0.6) is 0 Å². The minimum absolute atomic E-state index is 0.0855. The highest BCUT2D eigenvalue weighted by Gasteiger charge is 2.32. The van der Waals surface area contributed by atoms with E-state index in [4.69, 9.17) is 0 Å². The highest BCUT2D eigenvalue weighted by atomic mass is 79.9. The fraction of sp³-hybridized carbons (Fsp3) is 0.333. The molecule has 7 nitrogen and oxygen atoms in total. The number of anilines is 1. The van der Waals surface area contributed by atoms with Gasteiger partial charge in [0.25, 0.3) is 10.0 Å². The third-order valence-corrected chi connectivity index (χ3v) is 8.66. The number of halogens is 1. The van der Waals surface area contributed by atoms with Crippen molar-refractivity contribution < 1.29 is 18.0 Å². The molecule has 3 rings (SSSR count). The van der Waals surface area contributed by atoms with Gasteiger partial charge in [-0.1, -0.05) is 77.8 Å². The lowest BCUT2D eigenvalue weighted by Gasteiger charge is -2.32. The molecular formula is C30H36BrN3O4S. The number of carbonyl (C=O) groups excluding carboxylic acids is 2. The maximum absolute atomic E-state index is 13.9. The van der Waals surface area contributed by atoms with Crippen molar-refractivity contribution in [3.8, 4) is 0 Å². The zero-order chi connectivity index (χ0) is 28.6. The van der Waals surface area contributed by atoms with E-state index in [1.807, 2.05) is 51.1 Å². The van der Waals surface area contributed by atoms with Crippen molar-refractivity contribution in [1.29, 1.82) is 0 Å². The van der Waals surface area contributed by atoms with E-state index < -0.39 is 28.5 Å². The van der Waals surface area contributed by atoms with Gasteiger partial charge >= 0.3 is 0 Å². The topological polar surface area (TPSA) is 86.8 Å². The van der Waals surface area contributed by atoms with Crippen LogP contribution in [0, 0.1) is 12.8 Å². The molecule has 1 unspecified atom stereocenters. The predicted octanol–water partition coefficient (Wildman–Crippen LogP) is 5.18. The standard InChI is InChI=1S/C30H36BrN3O4S/c1-22(2)20-32-30(36)24(4)33(19-18-25-8-6-5-7-9-25)29(35)21-34(27-14-12-26(31)13-15-27)39(37,38)28-16-10-23(3)11-17-28/h5-17,22,24H,18-21H2,1-4H3,(H,32,36). The summed E-state index contributed by atoms with van der Waals surface area (Å²) >= 11 is 3.39. The molecule has 3 aromatic rings. The molecule has 0 saturated carbocycles. The van der Waals surface area contributed by atoms with Crippen LogP contribution in [0.3, 0.4) is 0 Å². The van der Waals surface area contributed by atoms with Gasteiger partial charge in [-0.25, -0.2) is 8.42 Å². The van der Waals surface area contributed by atoms with Crippen molar-refractivity contribution in [2.24, 2.45) is 5.92 Å². The van der Waals surface area contributed by atoms with Gasteiger partial charge in [-0.2, -0.15) is 0 Å². The second-order valence-corrected chi connectivity index (χ2v) is 12.7. The van der Waals surface area contributed by atoms with Crippen molar-refractivity contribution >= 4 is 43.5 Å². The Morgan fingerprint density at radius 3 is 2.10 bits per heavy atom. The number of amides is 2. The van der Waals surface area contributed by atoms with E-state index in [0.717, 1.165) is 19.9 Å². The molecule has 0 aliphatic carbocycles. The van der Waals surface area contributed by atoms with E-state index >= 15 is 0 Å². The average molecular weight is 615 g/mol. The van der Waals surface area contributed by atoms with Gasteiger partial charge in [-0.05, 0) is 68.1 Å². The van der Waals surface area contributed by atoms with Crippen LogP contribution in [-0.4, -0.2) is 50.8 Å². The van der Waals surface area contributed by atoms with Gasteiger partial charge in [0.15, 0.2) is 0 Å². The largest absolute Gasteiger partial charge is 0.354 e. The maximum atomic E-state index is 13.9. The Labute approximate surface area is 240 Å². The van der Waals surface area contributed by atoms with Gasteiger partial charge in [0.1, 0.15) is 12.6 Å². The molecule has 0 fully saturated rings. The van der Waals surface area contributed by atoms with Crippen molar-refractivity contribution in [3.63, 3.8) is 0 Å². The zero-order valence-electron chi connectivity index (χ0n) is 22.8. The SMILES string of the molecule is Cc1ccc(S(=O)(=O)N(CC(=O)N(CCc2ccccc2)C(C)C(=O)NCC(C)C)c2ccc(Br)cc2)cc1. The first-order valence-electron chi connectivity index (χ1n) is 12.9. The summed E-state index contributed by atoms with van der Waals surface area (Å²) in [7, 11) is -4.08. The fourth-order valence-electron chi connectivity index (χ4n) is 4.00. The minimum Gasteiger partial charge on any atom is -0.354 e. The highest BCUT2D eigenvalue weighted by molar-refractivity contribution is 9.10. The molecule has 1 N–H and O–H groups in total.